The van der Waals surface area contributed by atoms with Gasteiger partial charge in [0.2, 0.25) is 0 Å². The topological polar surface area (TPSA) is 68.5 Å². The molecule has 0 spiro atoms. The Kier molecular flexibility index (Phi) is 6.36. The van der Waals surface area contributed by atoms with Crippen molar-refractivity contribution in [2.24, 2.45) is 0 Å². The predicted octanol–water partition coefficient (Wildman–Crippen LogP) is 4.95. The molecule has 0 saturated carbocycles. The fraction of sp³-hybridized carbons (Fsp3) is 0.0909. The Morgan fingerprint density at radius 3 is 2.57 bits per heavy atom. The van der Waals surface area contributed by atoms with Crippen molar-refractivity contribution < 1.29 is 31.9 Å². The predicted molar refractivity (Wildman–Crippen MR) is 104 cm³/mol. The number of ether oxygens (including phenoxy) is 1. The fourth-order valence-corrected chi connectivity index (χ4v) is 2.49. The fourth-order valence-electron chi connectivity index (χ4n) is 2.49. The molecule has 8 heteroatoms. The molecule has 1 N–H and O–H groups in total. The maximum atomic E-state index is 13.8. The number of rotatable bonds is 6. The zero-order valence-electron chi connectivity index (χ0n) is 15.7. The third-order valence-electron chi connectivity index (χ3n) is 4.00. The van der Waals surface area contributed by atoms with E-state index < -0.39 is 35.4 Å². The molecular formula is C22H16F3NO4. The highest BCUT2D eigenvalue weighted by molar-refractivity contribution is 5.96. The Labute approximate surface area is 169 Å². The number of amides is 1. The number of hydrogen-bond acceptors (Lipinski definition) is 4. The zero-order valence-corrected chi connectivity index (χ0v) is 15.7. The summed E-state index contributed by atoms with van der Waals surface area (Å²) in [7, 11) is 0. The number of halogens is 3. The molecule has 0 unspecified atom stereocenters. The van der Waals surface area contributed by atoms with Crippen LogP contribution in [0.1, 0.15) is 12.7 Å². The van der Waals surface area contributed by atoms with E-state index in [4.69, 9.17) is 9.15 Å². The summed E-state index contributed by atoms with van der Waals surface area (Å²) >= 11 is 0. The van der Waals surface area contributed by atoms with Gasteiger partial charge in [0.1, 0.15) is 29.0 Å². The average Bonchev–Trinajstić information content (AvgIpc) is 3.18. The quantitative estimate of drug-likeness (QED) is 0.457. The summed E-state index contributed by atoms with van der Waals surface area (Å²) in [5.74, 6) is -3.15. The SMILES string of the molecule is C[C@H](OC(=O)/C=C/c1ccc(-c2ccccc2F)o1)C(=O)Nc1cc(F)ccc1F. The molecular weight excluding hydrogens is 399 g/mol. The molecule has 0 aliphatic carbocycles. The molecule has 1 atom stereocenters. The van der Waals surface area contributed by atoms with Crippen LogP contribution in [0.2, 0.25) is 0 Å². The van der Waals surface area contributed by atoms with Crippen molar-refractivity contribution in [1.82, 2.24) is 0 Å². The van der Waals surface area contributed by atoms with E-state index >= 15 is 0 Å². The Hall–Kier alpha value is -3.81. The molecule has 1 heterocycles. The molecule has 5 nitrogen and oxygen atoms in total. The van der Waals surface area contributed by atoms with Gasteiger partial charge in [-0.15, -0.1) is 0 Å². The van der Waals surface area contributed by atoms with Crippen molar-refractivity contribution in [1.29, 1.82) is 0 Å². The summed E-state index contributed by atoms with van der Waals surface area (Å²) in [5.41, 5.74) is -0.0932. The smallest absolute Gasteiger partial charge is 0.331 e. The van der Waals surface area contributed by atoms with E-state index in [2.05, 4.69) is 5.32 Å². The summed E-state index contributed by atoms with van der Waals surface area (Å²) in [6, 6.07) is 11.7. The van der Waals surface area contributed by atoms with Gasteiger partial charge in [-0.05, 0) is 49.4 Å². The Balaban J connectivity index is 1.58. The van der Waals surface area contributed by atoms with Gasteiger partial charge in [-0.3, -0.25) is 4.79 Å². The minimum Gasteiger partial charge on any atom is -0.457 e. The molecule has 3 rings (SSSR count). The number of hydrogen-bond donors (Lipinski definition) is 1. The van der Waals surface area contributed by atoms with Crippen LogP contribution in [-0.2, 0) is 14.3 Å². The lowest BCUT2D eigenvalue weighted by atomic mass is 10.1. The van der Waals surface area contributed by atoms with Crippen LogP contribution in [0, 0.1) is 17.5 Å². The van der Waals surface area contributed by atoms with Gasteiger partial charge in [0.05, 0.1) is 11.3 Å². The molecule has 0 fully saturated rings. The van der Waals surface area contributed by atoms with Gasteiger partial charge in [-0.25, -0.2) is 18.0 Å². The van der Waals surface area contributed by atoms with Crippen LogP contribution in [0.3, 0.4) is 0 Å². The zero-order chi connectivity index (χ0) is 21.7. The highest BCUT2D eigenvalue weighted by Gasteiger charge is 2.18. The van der Waals surface area contributed by atoms with Crippen LogP contribution in [0.25, 0.3) is 17.4 Å². The van der Waals surface area contributed by atoms with Crippen molar-refractivity contribution >= 4 is 23.6 Å². The van der Waals surface area contributed by atoms with Gasteiger partial charge in [0.15, 0.2) is 6.10 Å². The second kappa shape index (κ2) is 9.13. The van der Waals surface area contributed by atoms with Crippen molar-refractivity contribution in [2.45, 2.75) is 13.0 Å². The summed E-state index contributed by atoms with van der Waals surface area (Å²) in [4.78, 5) is 23.9. The van der Waals surface area contributed by atoms with E-state index in [1.165, 1.54) is 25.1 Å². The first-order valence-corrected chi connectivity index (χ1v) is 8.83. The normalized spacial score (nSPS) is 12.0. The molecule has 30 heavy (non-hydrogen) atoms. The lowest BCUT2D eigenvalue weighted by molar-refractivity contribution is -0.148. The summed E-state index contributed by atoms with van der Waals surface area (Å²) < 4.78 is 50.9. The van der Waals surface area contributed by atoms with Crippen LogP contribution >= 0.6 is 0 Å². The van der Waals surface area contributed by atoms with Crippen LogP contribution in [-0.4, -0.2) is 18.0 Å². The lowest BCUT2D eigenvalue weighted by Gasteiger charge is -2.12. The third kappa shape index (κ3) is 5.16. The van der Waals surface area contributed by atoms with Gasteiger partial charge >= 0.3 is 5.97 Å². The van der Waals surface area contributed by atoms with E-state index in [0.717, 1.165) is 24.3 Å². The molecule has 0 aliphatic rings. The number of anilines is 1. The highest BCUT2D eigenvalue weighted by atomic mass is 19.1. The third-order valence-corrected chi connectivity index (χ3v) is 4.00. The van der Waals surface area contributed by atoms with E-state index in [-0.39, 0.29) is 22.8 Å². The van der Waals surface area contributed by atoms with Gasteiger partial charge in [0.25, 0.3) is 5.91 Å². The number of carbonyl (C=O) groups is 2. The molecule has 1 aromatic heterocycles. The minimum atomic E-state index is -1.27. The van der Waals surface area contributed by atoms with Crippen molar-refractivity contribution in [3.05, 3.63) is 83.9 Å². The van der Waals surface area contributed by atoms with Crippen molar-refractivity contribution in [3.63, 3.8) is 0 Å². The molecule has 154 valence electrons. The summed E-state index contributed by atoms with van der Waals surface area (Å²) in [6.07, 6.45) is 1.05. The molecule has 0 aliphatic heterocycles. The van der Waals surface area contributed by atoms with Gasteiger partial charge in [-0.1, -0.05) is 12.1 Å². The van der Waals surface area contributed by atoms with Crippen LogP contribution < -0.4 is 5.32 Å². The van der Waals surface area contributed by atoms with Crippen LogP contribution in [0.15, 0.2) is 65.1 Å². The number of nitrogens with one attached hydrogen (secondary N) is 1. The Morgan fingerprint density at radius 2 is 1.80 bits per heavy atom. The summed E-state index contributed by atoms with van der Waals surface area (Å²) in [5, 5.41) is 2.15. The van der Waals surface area contributed by atoms with E-state index in [1.54, 1.807) is 24.3 Å². The van der Waals surface area contributed by atoms with Crippen LogP contribution in [0.5, 0.6) is 0 Å². The number of esters is 1. The molecule has 3 aromatic rings. The van der Waals surface area contributed by atoms with Crippen molar-refractivity contribution in [2.75, 3.05) is 5.32 Å². The van der Waals surface area contributed by atoms with Gasteiger partial charge in [0, 0.05) is 12.1 Å². The van der Waals surface area contributed by atoms with Gasteiger partial charge in [-0.2, -0.15) is 0 Å². The number of benzene rings is 2. The van der Waals surface area contributed by atoms with Gasteiger partial charge < -0.3 is 14.5 Å². The minimum absolute atomic E-state index is 0.268. The van der Waals surface area contributed by atoms with E-state index in [1.807, 2.05) is 0 Å². The first-order valence-electron chi connectivity index (χ1n) is 8.83. The first kappa shape index (κ1) is 20.9. The highest BCUT2D eigenvalue weighted by Crippen LogP contribution is 2.25. The van der Waals surface area contributed by atoms with Crippen molar-refractivity contribution in [3.8, 4) is 11.3 Å². The molecule has 1 amide bonds. The molecule has 0 radical (unpaired) electrons. The first-order chi connectivity index (χ1) is 14.3. The largest absolute Gasteiger partial charge is 0.457 e. The van der Waals surface area contributed by atoms with Crippen LogP contribution in [0.4, 0.5) is 18.9 Å². The monoisotopic (exact) mass is 415 g/mol. The average molecular weight is 415 g/mol. The second-order valence-corrected chi connectivity index (χ2v) is 6.21. The second-order valence-electron chi connectivity index (χ2n) is 6.21. The lowest BCUT2D eigenvalue weighted by Crippen LogP contribution is -2.29. The molecule has 0 bridgehead atoms. The maximum absolute atomic E-state index is 13.8. The number of furan rings is 1. The Morgan fingerprint density at radius 1 is 1.03 bits per heavy atom. The number of carbonyl (C=O) groups excluding carboxylic acids is 2. The molecule has 0 saturated heterocycles. The molecule has 2 aromatic carbocycles. The van der Waals surface area contributed by atoms with E-state index in [0.29, 0.717) is 0 Å². The van der Waals surface area contributed by atoms with E-state index in [9.17, 15) is 22.8 Å². The summed E-state index contributed by atoms with van der Waals surface area (Å²) in [6.45, 7) is 1.28. The standard InChI is InChI=1S/C22H16F3NO4/c1-13(22(28)26-19-12-14(23)6-9-18(19)25)29-21(27)11-8-15-7-10-20(30-15)16-4-2-3-5-17(16)24/h2-13H,1H3,(H,26,28)/b11-8+/t13-/m0/s1. The Bertz CT molecular complexity index is 1110. The maximum Gasteiger partial charge on any atom is 0.331 e.